The van der Waals surface area contributed by atoms with Gasteiger partial charge < -0.3 is 10.2 Å². The van der Waals surface area contributed by atoms with Gasteiger partial charge in [0.1, 0.15) is 0 Å². The molecular weight excluding hydrogens is 244 g/mol. The molecule has 20 heavy (non-hydrogen) atoms. The lowest BCUT2D eigenvalue weighted by molar-refractivity contribution is 0.551. The van der Waals surface area contributed by atoms with Crippen molar-refractivity contribution < 1.29 is 0 Å². The van der Waals surface area contributed by atoms with Crippen LogP contribution < -0.4 is 10.2 Å². The van der Waals surface area contributed by atoms with E-state index in [0.29, 0.717) is 5.92 Å². The third-order valence-electron chi connectivity index (χ3n) is 4.31. The predicted molar refractivity (Wildman–Crippen MR) is 86.1 cm³/mol. The van der Waals surface area contributed by atoms with E-state index in [-0.39, 0.29) is 0 Å². The minimum Gasteiger partial charge on any atom is -0.368 e. The van der Waals surface area contributed by atoms with Crippen molar-refractivity contribution in [3.05, 3.63) is 29.8 Å². The zero-order valence-electron chi connectivity index (χ0n) is 12.9. The summed E-state index contributed by atoms with van der Waals surface area (Å²) >= 11 is 0. The van der Waals surface area contributed by atoms with Gasteiger partial charge in [-0.15, -0.1) is 0 Å². The van der Waals surface area contributed by atoms with Crippen molar-refractivity contribution >= 4 is 5.69 Å². The first kappa shape index (κ1) is 13.9. The fourth-order valence-corrected chi connectivity index (χ4v) is 2.84. The average molecular weight is 272 g/mol. The van der Waals surface area contributed by atoms with Crippen molar-refractivity contribution in [2.24, 2.45) is 11.8 Å². The SMILES string of the molecule is CC(C)CNCc1ccccc1N(CC1CC1)C1CC1. The van der Waals surface area contributed by atoms with Crippen LogP contribution in [-0.4, -0.2) is 19.1 Å². The summed E-state index contributed by atoms with van der Waals surface area (Å²) in [5.74, 6) is 1.68. The Labute approximate surface area is 123 Å². The molecule has 2 fully saturated rings. The van der Waals surface area contributed by atoms with E-state index in [1.807, 2.05) is 0 Å². The molecule has 3 rings (SSSR count). The van der Waals surface area contributed by atoms with Gasteiger partial charge in [-0.25, -0.2) is 0 Å². The van der Waals surface area contributed by atoms with Crippen LogP contribution in [0.2, 0.25) is 0 Å². The molecule has 2 nitrogen and oxygen atoms in total. The first-order valence-corrected chi connectivity index (χ1v) is 8.29. The molecule has 0 heterocycles. The van der Waals surface area contributed by atoms with Crippen molar-refractivity contribution in [2.45, 2.75) is 52.1 Å². The number of rotatable bonds is 8. The maximum Gasteiger partial charge on any atom is 0.0414 e. The van der Waals surface area contributed by atoms with Crippen molar-refractivity contribution in [3.8, 4) is 0 Å². The van der Waals surface area contributed by atoms with Crippen molar-refractivity contribution in [3.63, 3.8) is 0 Å². The highest BCUT2D eigenvalue weighted by atomic mass is 15.2. The Balaban J connectivity index is 1.69. The highest BCUT2D eigenvalue weighted by molar-refractivity contribution is 5.55. The third kappa shape index (κ3) is 3.76. The molecule has 1 aromatic rings. The highest BCUT2D eigenvalue weighted by Gasteiger charge is 2.34. The molecule has 0 aliphatic heterocycles. The van der Waals surface area contributed by atoms with E-state index in [0.717, 1.165) is 25.0 Å². The molecule has 1 aromatic carbocycles. The largest absolute Gasteiger partial charge is 0.368 e. The van der Waals surface area contributed by atoms with Crippen LogP contribution >= 0.6 is 0 Å². The van der Waals surface area contributed by atoms with Crippen LogP contribution in [0.3, 0.4) is 0 Å². The monoisotopic (exact) mass is 272 g/mol. The quantitative estimate of drug-likeness (QED) is 0.774. The molecule has 110 valence electrons. The standard InChI is InChI=1S/C18H28N2/c1-14(2)11-19-12-16-5-3-4-6-18(16)20(17-9-10-17)13-15-7-8-15/h3-6,14-15,17,19H,7-13H2,1-2H3. The van der Waals surface area contributed by atoms with E-state index < -0.39 is 0 Å². The Morgan fingerprint density at radius 2 is 1.90 bits per heavy atom. The zero-order chi connectivity index (χ0) is 13.9. The molecule has 0 spiro atoms. The van der Waals surface area contributed by atoms with Crippen LogP contribution in [0.4, 0.5) is 5.69 Å². The molecule has 0 amide bonds. The molecular formula is C18H28N2. The highest BCUT2D eigenvalue weighted by Crippen LogP contribution is 2.38. The molecule has 1 N–H and O–H groups in total. The van der Waals surface area contributed by atoms with Gasteiger partial charge in [-0.3, -0.25) is 0 Å². The van der Waals surface area contributed by atoms with Gasteiger partial charge in [0.05, 0.1) is 0 Å². The maximum atomic E-state index is 3.60. The topological polar surface area (TPSA) is 15.3 Å². The van der Waals surface area contributed by atoms with Gasteiger partial charge in [0.25, 0.3) is 0 Å². The fourth-order valence-electron chi connectivity index (χ4n) is 2.84. The number of hydrogen-bond acceptors (Lipinski definition) is 2. The lowest BCUT2D eigenvalue weighted by atomic mass is 10.1. The van der Waals surface area contributed by atoms with Crippen molar-refractivity contribution in [1.82, 2.24) is 5.32 Å². The second-order valence-electron chi connectivity index (χ2n) is 6.98. The molecule has 0 bridgehead atoms. The van der Waals surface area contributed by atoms with Gasteiger partial charge >= 0.3 is 0 Å². The van der Waals surface area contributed by atoms with E-state index in [9.17, 15) is 0 Å². The smallest absolute Gasteiger partial charge is 0.0414 e. The normalized spacial score (nSPS) is 18.6. The van der Waals surface area contributed by atoms with Gasteiger partial charge in [0.2, 0.25) is 0 Å². The first-order chi connectivity index (χ1) is 9.74. The van der Waals surface area contributed by atoms with Crippen LogP contribution in [0.25, 0.3) is 0 Å². The van der Waals surface area contributed by atoms with Crippen LogP contribution in [0.5, 0.6) is 0 Å². The maximum absolute atomic E-state index is 3.60. The second-order valence-corrected chi connectivity index (χ2v) is 6.98. The summed E-state index contributed by atoms with van der Waals surface area (Å²) in [6, 6.07) is 9.82. The predicted octanol–water partition coefficient (Wildman–Crippen LogP) is 3.81. The number of benzene rings is 1. The average Bonchev–Trinajstić information content (AvgIpc) is 3.29. The van der Waals surface area contributed by atoms with Gasteiger partial charge in [-0.1, -0.05) is 32.0 Å². The molecule has 0 unspecified atom stereocenters. The van der Waals surface area contributed by atoms with E-state index in [4.69, 9.17) is 0 Å². The molecule has 2 aliphatic carbocycles. The summed E-state index contributed by atoms with van der Waals surface area (Å²) in [6.45, 7) is 7.92. The summed E-state index contributed by atoms with van der Waals surface area (Å²) in [4.78, 5) is 2.70. The van der Waals surface area contributed by atoms with E-state index in [1.165, 1.54) is 43.5 Å². The Hall–Kier alpha value is -1.02. The number of nitrogens with one attached hydrogen (secondary N) is 1. The van der Waals surface area contributed by atoms with Gasteiger partial charge in [0, 0.05) is 24.8 Å². The lowest BCUT2D eigenvalue weighted by Crippen LogP contribution is -2.30. The summed E-state index contributed by atoms with van der Waals surface area (Å²) in [6.07, 6.45) is 5.66. The molecule has 0 atom stereocenters. The Kier molecular flexibility index (Phi) is 4.30. The number of nitrogens with zero attached hydrogens (tertiary/aromatic N) is 1. The Bertz CT molecular complexity index is 433. The molecule has 2 heteroatoms. The van der Waals surface area contributed by atoms with Gasteiger partial charge in [-0.05, 0) is 55.7 Å². The van der Waals surface area contributed by atoms with Crippen LogP contribution in [0.1, 0.15) is 45.1 Å². The van der Waals surface area contributed by atoms with Crippen LogP contribution in [0.15, 0.2) is 24.3 Å². The minimum atomic E-state index is 0.716. The summed E-state index contributed by atoms with van der Waals surface area (Å²) in [7, 11) is 0. The molecule has 0 radical (unpaired) electrons. The first-order valence-electron chi connectivity index (χ1n) is 8.29. The van der Waals surface area contributed by atoms with E-state index in [1.54, 1.807) is 0 Å². The third-order valence-corrected chi connectivity index (χ3v) is 4.31. The number of para-hydroxylation sites is 1. The summed E-state index contributed by atoms with van der Waals surface area (Å²) in [5.41, 5.74) is 2.96. The molecule has 0 saturated heterocycles. The minimum absolute atomic E-state index is 0.716. The zero-order valence-corrected chi connectivity index (χ0v) is 12.9. The number of hydrogen-bond donors (Lipinski definition) is 1. The Morgan fingerprint density at radius 3 is 2.55 bits per heavy atom. The van der Waals surface area contributed by atoms with Crippen LogP contribution in [0, 0.1) is 11.8 Å². The van der Waals surface area contributed by atoms with E-state index in [2.05, 4.69) is 48.3 Å². The summed E-state index contributed by atoms with van der Waals surface area (Å²) in [5, 5.41) is 3.60. The van der Waals surface area contributed by atoms with Gasteiger partial charge in [0.15, 0.2) is 0 Å². The van der Waals surface area contributed by atoms with E-state index >= 15 is 0 Å². The van der Waals surface area contributed by atoms with Crippen LogP contribution in [-0.2, 0) is 6.54 Å². The Morgan fingerprint density at radius 1 is 1.15 bits per heavy atom. The fraction of sp³-hybridized carbons (Fsp3) is 0.667. The molecule has 2 aliphatic rings. The number of anilines is 1. The van der Waals surface area contributed by atoms with Crippen molar-refractivity contribution in [2.75, 3.05) is 18.0 Å². The second kappa shape index (κ2) is 6.17. The molecule has 2 saturated carbocycles. The van der Waals surface area contributed by atoms with Crippen molar-refractivity contribution in [1.29, 1.82) is 0 Å². The lowest BCUT2D eigenvalue weighted by Gasteiger charge is -2.27. The van der Waals surface area contributed by atoms with Gasteiger partial charge in [-0.2, -0.15) is 0 Å². The summed E-state index contributed by atoms with van der Waals surface area (Å²) < 4.78 is 0. The molecule has 0 aromatic heterocycles.